The van der Waals surface area contributed by atoms with Crippen molar-refractivity contribution in [2.24, 2.45) is 23.7 Å². The summed E-state index contributed by atoms with van der Waals surface area (Å²) in [4.78, 5) is 23.7. The predicted octanol–water partition coefficient (Wildman–Crippen LogP) is 2.44. The van der Waals surface area contributed by atoms with Crippen LogP contribution >= 0.6 is 0 Å². The third-order valence-electron chi connectivity index (χ3n) is 3.75. The van der Waals surface area contributed by atoms with Crippen molar-refractivity contribution >= 4 is 11.8 Å². The van der Waals surface area contributed by atoms with Crippen LogP contribution in [0.15, 0.2) is 0 Å². The summed E-state index contributed by atoms with van der Waals surface area (Å²) in [6, 6.07) is 0. The first-order valence-corrected chi connectivity index (χ1v) is 6.22. The van der Waals surface area contributed by atoms with Gasteiger partial charge in [-0.2, -0.15) is 0 Å². The molecule has 0 aliphatic heterocycles. The fraction of sp³-hybridized carbons (Fsp3) is 0.846. The van der Waals surface area contributed by atoms with Gasteiger partial charge in [0.15, 0.2) is 0 Å². The minimum Gasteiger partial charge on any atom is -0.466 e. The first-order chi connectivity index (χ1) is 7.52. The molecule has 3 heteroatoms. The molecule has 0 spiro atoms. The van der Waals surface area contributed by atoms with Gasteiger partial charge in [-0.15, -0.1) is 0 Å². The maximum absolute atomic E-state index is 11.9. The summed E-state index contributed by atoms with van der Waals surface area (Å²) in [6.07, 6.45) is 1.34. The van der Waals surface area contributed by atoms with E-state index in [1.807, 2.05) is 27.7 Å². The normalized spacial score (nSPS) is 34.9. The molecule has 0 aromatic rings. The Morgan fingerprint density at radius 3 is 2.50 bits per heavy atom. The van der Waals surface area contributed by atoms with E-state index in [1.165, 1.54) is 0 Å². The molecule has 0 aromatic heterocycles. The summed E-state index contributed by atoms with van der Waals surface area (Å²) in [5.41, 5.74) is 0. The van der Waals surface area contributed by atoms with E-state index in [4.69, 9.17) is 4.74 Å². The van der Waals surface area contributed by atoms with Crippen LogP contribution in [0.1, 0.15) is 40.5 Å². The molecule has 0 heterocycles. The van der Waals surface area contributed by atoms with E-state index in [1.54, 1.807) is 0 Å². The van der Waals surface area contributed by atoms with E-state index in [0.717, 1.165) is 6.42 Å². The van der Waals surface area contributed by atoms with Crippen LogP contribution in [-0.4, -0.2) is 18.4 Å². The van der Waals surface area contributed by atoms with Crippen LogP contribution in [0.4, 0.5) is 0 Å². The predicted molar refractivity (Wildman–Crippen MR) is 61.9 cm³/mol. The number of ketones is 1. The molecule has 0 aromatic carbocycles. The van der Waals surface area contributed by atoms with Crippen molar-refractivity contribution in [1.29, 1.82) is 0 Å². The quantitative estimate of drug-likeness (QED) is 0.694. The van der Waals surface area contributed by atoms with E-state index in [-0.39, 0.29) is 29.6 Å². The second-order valence-electron chi connectivity index (χ2n) is 4.80. The Balaban J connectivity index is 2.82. The summed E-state index contributed by atoms with van der Waals surface area (Å²) >= 11 is 0. The summed E-state index contributed by atoms with van der Waals surface area (Å²) in [5, 5.41) is 0. The number of Topliss-reactive ketones (excluding diaryl/α,β-unsaturated/α-hetero) is 1. The number of hydrogen-bond donors (Lipinski definition) is 0. The highest BCUT2D eigenvalue weighted by atomic mass is 16.5. The van der Waals surface area contributed by atoms with Crippen LogP contribution in [0.25, 0.3) is 0 Å². The average Bonchev–Trinajstić information content (AvgIpc) is 2.17. The molecule has 4 atom stereocenters. The maximum Gasteiger partial charge on any atom is 0.309 e. The first-order valence-electron chi connectivity index (χ1n) is 6.22. The number of carbonyl (C=O) groups is 2. The molecule has 1 rings (SSSR count). The lowest BCUT2D eigenvalue weighted by molar-refractivity contribution is -0.156. The third kappa shape index (κ3) is 2.45. The topological polar surface area (TPSA) is 43.4 Å². The first kappa shape index (κ1) is 13.2. The molecule has 1 aliphatic carbocycles. The molecule has 0 radical (unpaired) electrons. The number of ether oxygens (including phenoxy) is 1. The molecule has 0 saturated heterocycles. The van der Waals surface area contributed by atoms with Gasteiger partial charge in [0.25, 0.3) is 0 Å². The Morgan fingerprint density at radius 1 is 1.38 bits per heavy atom. The van der Waals surface area contributed by atoms with Gasteiger partial charge in [-0.25, -0.2) is 0 Å². The minimum absolute atomic E-state index is 0.0330. The average molecular weight is 226 g/mol. The van der Waals surface area contributed by atoms with Gasteiger partial charge in [-0.05, 0) is 25.2 Å². The van der Waals surface area contributed by atoms with Gasteiger partial charge in [0, 0.05) is 12.3 Å². The molecular formula is C13H22O3. The Bertz CT molecular complexity index is 272. The highest BCUT2D eigenvalue weighted by Crippen LogP contribution is 2.38. The fourth-order valence-corrected chi connectivity index (χ4v) is 2.94. The van der Waals surface area contributed by atoms with E-state index in [9.17, 15) is 9.59 Å². The second-order valence-corrected chi connectivity index (χ2v) is 4.80. The van der Waals surface area contributed by atoms with Crippen molar-refractivity contribution in [2.45, 2.75) is 40.5 Å². The zero-order valence-electron chi connectivity index (χ0n) is 10.7. The largest absolute Gasteiger partial charge is 0.466 e. The van der Waals surface area contributed by atoms with Gasteiger partial charge in [0.05, 0.1) is 12.5 Å². The zero-order valence-corrected chi connectivity index (χ0v) is 10.7. The summed E-state index contributed by atoms with van der Waals surface area (Å²) < 4.78 is 5.10. The van der Waals surface area contributed by atoms with Gasteiger partial charge >= 0.3 is 5.97 Å². The lowest BCUT2D eigenvalue weighted by atomic mass is 9.66. The number of hydrogen-bond acceptors (Lipinski definition) is 3. The molecule has 1 aliphatic rings. The molecule has 1 saturated carbocycles. The summed E-state index contributed by atoms with van der Waals surface area (Å²) in [5.74, 6) is 0.328. The van der Waals surface area contributed by atoms with Crippen LogP contribution in [0.5, 0.6) is 0 Å². The SMILES string of the molecule is CCOC(=O)[C@H]1[C@H](C)[C@@H](CC)C(=O)C[C@H]1C. The molecule has 1 fully saturated rings. The van der Waals surface area contributed by atoms with Crippen molar-refractivity contribution in [3.05, 3.63) is 0 Å². The number of carbonyl (C=O) groups excluding carboxylic acids is 2. The molecule has 0 unspecified atom stereocenters. The van der Waals surface area contributed by atoms with Crippen LogP contribution in [0.3, 0.4) is 0 Å². The van der Waals surface area contributed by atoms with Gasteiger partial charge in [-0.3, -0.25) is 9.59 Å². The molecule has 0 bridgehead atoms. The van der Waals surface area contributed by atoms with E-state index in [2.05, 4.69) is 0 Å². The zero-order chi connectivity index (χ0) is 12.3. The number of rotatable bonds is 3. The highest BCUT2D eigenvalue weighted by Gasteiger charge is 2.43. The molecule has 0 amide bonds. The second kappa shape index (κ2) is 5.46. The van der Waals surface area contributed by atoms with Gasteiger partial charge in [0.2, 0.25) is 0 Å². The van der Waals surface area contributed by atoms with E-state index < -0.39 is 0 Å². The third-order valence-corrected chi connectivity index (χ3v) is 3.75. The Hall–Kier alpha value is -0.860. The van der Waals surface area contributed by atoms with Crippen molar-refractivity contribution < 1.29 is 14.3 Å². The minimum atomic E-state index is -0.131. The van der Waals surface area contributed by atoms with Crippen LogP contribution in [-0.2, 0) is 14.3 Å². The maximum atomic E-state index is 11.9. The van der Waals surface area contributed by atoms with Crippen LogP contribution < -0.4 is 0 Å². The van der Waals surface area contributed by atoms with Crippen molar-refractivity contribution in [2.75, 3.05) is 6.61 Å². The Kier molecular flexibility index (Phi) is 4.51. The highest BCUT2D eigenvalue weighted by molar-refractivity contribution is 5.85. The standard InChI is InChI=1S/C13H22O3/c1-5-10-9(4)12(13(15)16-6-2)8(3)7-11(10)14/h8-10,12H,5-7H2,1-4H3/t8-,9-,10-,12-/m1/s1. The van der Waals surface area contributed by atoms with Gasteiger partial charge in [0.1, 0.15) is 5.78 Å². The summed E-state index contributed by atoms with van der Waals surface area (Å²) in [7, 11) is 0. The van der Waals surface area contributed by atoms with Crippen LogP contribution in [0, 0.1) is 23.7 Å². The summed E-state index contributed by atoms with van der Waals surface area (Å²) in [6.45, 7) is 8.22. The molecule has 92 valence electrons. The fourth-order valence-electron chi connectivity index (χ4n) is 2.94. The van der Waals surface area contributed by atoms with Gasteiger partial charge < -0.3 is 4.74 Å². The van der Waals surface area contributed by atoms with Crippen molar-refractivity contribution in [3.8, 4) is 0 Å². The van der Waals surface area contributed by atoms with E-state index in [0.29, 0.717) is 18.8 Å². The number of esters is 1. The van der Waals surface area contributed by atoms with E-state index >= 15 is 0 Å². The Labute approximate surface area is 97.5 Å². The lowest BCUT2D eigenvalue weighted by Crippen LogP contribution is -2.42. The molecular weight excluding hydrogens is 204 g/mol. The molecule has 3 nitrogen and oxygen atoms in total. The van der Waals surface area contributed by atoms with Crippen molar-refractivity contribution in [3.63, 3.8) is 0 Å². The van der Waals surface area contributed by atoms with Crippen LogP contribution in [0.2, 0.25) is 0 Å². The van der Waals surface area contributed by atoms with Crippen molar-refractivity contribution in [1.82, 2.24) is 0 Å². The monoisotopic (exact) mass is 226 g/mol. The lowest BCUT2D eigenvalue weighted by Gasteiger charge is -2.37. The Morgan fingerprint density at radius 2 is 2.00 bits per heavy atom. The smallest absolute Gasteiger partial charge is 0.309 e. The molecule has 0 N–H and O–H groups in total. The molecule has 16 heavy (non-hydrogen) atoms. The van der Waals surface area contributed by atoms with Gasteiger partial charge in [-0.1, -0.05) is 20.8 Å².